The predicted octanol–water partition coefficient (Wildman–Crippen LogP) is 3.47. The van der Waals surface area contributed by atoms with Crippen LogP contribution in [0.4, 0.5) is 4.39 Å². The van der Waals surface area contributed by atoms with E-state index in [2.05, 4.69) is 4.98 Å². The van der Waals surface area contributed by atoms with Gasteiger partial charge in [0, 0.05) is 11.8 Å². The molecule has 3 aromatic carbocycles. The second kappa shape index (κ2) is 11.7. The maximum atomic E-state index is 15.4. The highest BCUT2D eigenvalue weighted by molar-refractivity contribution is 5.49. The van der Waals surface area contributed by atoms with E-state index in [-0.39, 0.29) is 12.2 Å². The molecule has 0 aliphatic carbocycles. The second-order valence-electron chi connectivity index (χ2n) is 9.79. The molecule has 0 bridgehead atoms. The highest BCUT2D eigenvalue weighted by Gasteiger charge is 2.47. The lowest BCUT2D eigenvalue weighted by molar-refractivity contribution is -0.0950. The third kappa shape index (κ3) is 5.29. The Hall–Kier alpha value is -4.25. The fourth-order valence-electron chi connectivity index (χ4n) is 5.12. The number of aromatic nitrogens is 2. The van der Waals surface area contributed by atoms with Gasteiger partial charge in [0.05, 0.1) is 20.8 Å². The van der Waals surface area contributed by atoms with E-state index in [1.165, 1.54) is 13.1 Å². The van der Waals surface area contributed by atoms with Crippen LogP contribution in [0.15, 0.2) is 94.6 Å². The van der Waals surface area contributed by atoms with Crippen LogP contribution in [-0.2, 0) is 15.1 Å². The molecule has 5 rings (SSSR count). The van der Waals surface area contributed by atoms with Gasteiger partial charge in [-0.15, -0.1) is 0 Å². The molecule has 214 valence electrons. The highest BCUT2D eigenvalue weighted by atomic mass is 19.1. The van der Waals surface area contributed by atoms with E-state index in [9.17, 15) is 14.7 Å². The zero-order valence-electron chi connectivity index (χ0n) is 22.8. The zero-order chi connectivity index (χ0) is 29.1. The van der Waals surface area contributed by atoms with Crippen molar-refractivity contribution in [3.05, 3.63) is 128 Å². The number of aryl methyl sites for hydroxylation is 1. The van der Waals surface area contributed by atoms with Gasteiger partial charge in [-0.25, -0.2) is 9.18 Å². The number of rotatable bonds is 9. The summed E-state index contributed by atoms with van der Waals surface area (Å²) < 4.78 is 39.6. The van der Waals surface area contributed by atoms with Gasteiger partial charge in [0.15, 0.2) is 12.4 Å². The van der Waals surface area contributed by atoms with Crippen LogP contribution >= 0.6 is 0 Å². The summed E-state index contributed by atoms with van der Waals surface area (Å²) in [4.78, 5) is 26.4. The van der Waals surface area contributed by atoms with Crippen LogP contribution in [-0.4, -0.2) is 53.9 Å². The zero-order valence-corrected chi connectivity index (χ0v) is 22.8. The summed E-state index contributed by atoms with van der Waals surface area (Å²) in [7, 11) is 3.16. The van der Waals surface area contributed by atoms with E-state index >= 15 is 4.39 Å². The Bertz CT molecular complexity index is 1540. The number of hydrogen-bond donors (Lipinski definition) is 2. The van der Waals surface area contributed by atoms with Crippen LogP contribution in [0.25, 0.3) is 0 Å². The summed E-state index contributed by atoms with van der Waals surface area (Å²) in [6.45, 7) is 1.26. The van der Waals surface area contributed by atoms with Crippen LogP contribution in [0.5, 0.6) is 11.5 Å². The molecule has 2 N–H and O–H groups in total. The number of alkyl halides is 1. The number of hydrogen-bond acceptors (Lipinski definition) is 7. The van der Waals surface area contributed by atoms with Gasteiger partial charge in [0.25, 0.3) is 5.56 Å². The SMILES string of the molecule is COc1ccc(C(OC[C@H]2O[C@@H](n3cc(C)c(=O)[nH]c3=O)[C@H](F)[C@H]2O)(c2ccccc2)c2ccc(OC)cc2)cc1. The Morgan fingerprint density at radius 2 is 1.44 bits per heavy atom. The summed E-state index contributed by atoms with van der Waals surface area (Å²) >= 11 is 0. The van der Waals surface area contributed by atoms with Gasteiger partial charge in [-0.2, -0.15) is 0 Å². The van der Waals surface area contributed by atoms with Crippen molar-refractivity contribution in [1.29, 1.82) is 0 Å². The van der Waals surface area contributed by atoms with Crippen molar-refractivity contribution in [2.45, 2.75) is 37.1 Å². The first-order chi connectivity index (χ1) is 19.8. The molecule has 0 amide bonds. The van der Waals surface area contributed by atoms with Crippen LogP contribution in [0, 0.1) is 6.92 Å². The lowest BCUT2D eigenvalue weighted by atomic mass is 9.80. The number of aromatic amines is 1. The predicted molar refractivity (Wildman–Crippen MR) is 149 cm³/mol. The van der Waals surface area contributed by atoms with Crippen molar-refractivity contribution in [2.75, 3.05) is 20.8 Å². The van der Waals surface area contributed by atoms with E-state index < -0.39 is 41.5 Å². The maximum absolute atomic E-state index is 15.4. The van der Waals surface area contributed by atoms with Crippen molar-refractivity contribution in [3.63, 3.8) is 0 Å². The molecule has 0 radical (unpaired) electrons. The van der Waals surface area contributed by atoms with Crippen molar-refractivity contribution >= 4 is 0 Å². The molecule has 0 unspecified atom stereocenters. The molecule has 1 fully saturated rings. The fourth-order valence-corrected chi connectivity index (χ4v) is 5.12. The highest BCUT2D eigenvalue weighted by Crippen LogP contribution is 2.43. The topological polar surface area (TPSA) is 112 Å². The van der Waals surface area contributed by atoms with Gasteiger partial charge in [-0.05, 0) is 47.9 Å². The number of nitrogens with one attached hydrogen (secondary N) is 1. The summed E-state index contributed by atoms with van der Waals surface area (Å²) in [5, 5.41) is 10.8. The molecule has 9 nitrogen and oxygen atoms in total. The molecule has 1 aliphatic rings. The van der Waals surface area contributed by atoms with Crippen molar-refractivity contribution < 1.29 is 28.4 Å². The van der Waals surface area contributed by atoms with Crippen LogP contribution in [0.2, 0.25) is 0 Å². The van der Waals surface area contributed by atoms with Crippen molar-refractivity contribution in [3.8, 4) is 11.5 Å². The third-order valence-corrected chi connectivity index (χ3v) is 7.35. The standard InChI is InChI=1S/C31H31FN2O7/c1-19-17-34(30(37)33-28(19)36)29-26(32)27(35)25(41-29)18-40-31(20-7-5-4-6-8-20,21-9-13-23(38-2)14-10-21)22-11-15-24(39-3)16-12-22/h4-17,25-27,29,35H,18H2,1-3H3,(H,33,36,37)/t25-,26-,27+,29-/m1/s1. The first kappa shape index (κ1) is 28.3. The van der Waals surface area contributed by atoms with Crippen LogP contribution < -0.4 is 20.7 Å². The molecule has 4 aromatic rings. The molecule has 1 aromatic heterocycles. The summed E-state index contributed by atoms with van der Waals surface area (Å²) in [6.07, 6.45) is -4.90. The monoisotopic (exact) mass is 562 g/mol. The molecule has 0 saturated carbocycles. The minimum atomic E-state index is -1.94. The second-order valence-corrected chi connectivity index (χ2v) is 9.79. The molecule has 0 spiro atoms. The summed E-state index contributed by atoms with van der Waals surface area (Å²) in [6, 6.07) is 24.3. The Balaban J connectivity index is 1.56. The normalized spacial score (nSPS) is 20.6. The van der Waals surface area contributed by atoms with E-state index in [1.54, 1.807) is 14.2 Å². The quantitative estimate of drug-likeness (QED) is 0.301. The number of H-pyrrole nitrogens is 1. The number of nitrogens with zero attached hydrogens (tertiary/aromatic N) is 1. The molecule has 41 heavy (non-hydrogen) atoms. The lowest BCUT2D eigenvalue weighted by Gasteiger charge is -2.37. The number of ether oxygens (including phenoxy) is 4. The third-order valence-electron chi connectivity index (χ3n) is 7.35. The molecule has 1 saturated heterocycles. The van der Waals surface area contributed by atoms with Gasteiger partial charge >= 0.3 is 5.69 Å². The van der Waals surface area contributed by atoms with Crippen molar-refractivity contribution in [1.82, 2.24) is 9.55 Å². The van der Waals surface area contributed by atoms with Gasteiger partial charge in [-0.3, -0.25) is 14.3 Å². The Kier molecular flexibility index (Phi) is 8.07. The number of aliphatic hydroxyl groups excluding tert-OH is 1. The minimum absolute atomic E-state index is 0.205. The molecular formula is C31H31FN2O7. The average Bonchev–Trinajstić information content (AvgIpc) is 3.29. The minimum Gasteiger partial charge on any atom is -0.497 e. The van der Waals surface area contributed by atoms with Crippen LogP contribution in [0.3, 0.4) is 0 Å². The Morgan fingerprint density at radius 3 is 1.98 bits per heavy atom. The average molecular weight is 563 g/mol. The Morgan fingerprint density at radius 1 is 0.902 bits per heavy atom. The molecule has 1 aliphatic heterocycles. The molecular weight excluding hydrogens is 531 g/mol. The summed E-state index contributed by atoms with van der Waals surface area (Å²) in [5.74, 6) is 1.31. The fraction of sp³-hybridized carbons (Fsp3) is 0.290. The van der Waals surface area contributed by atoms with Crippen LogP contribution in [0.1, 0.15) is 28.5 Å². The molecule has 4 atom stereocenters. The number of aliphatic hydroxyl groups is 1. The Labute approximate surface area is 235 Å². The van der Waals surface area contributed by atoms with Gasteiger partial charge in [-0.1, -0.05) is 54.6 Å². The van der Waals surface area contributed by atoms with Crippen molar-refractivity contribution in [2.24, 2.45) is 0 Å². The van der Waals surface area contributed by atoms with Gasteiger partial charge in [0.2, 0.25) is 0 Å². The molecule has 10 heteroatoms. The largest absolute Gasteiger partial charge is 0.497 e. The first-order valence-corrected chi connectivity index (χ1v) is 13.1. The molecule has 2 heterocycles. The van der Waals surface area contributed by atoms with E-state index in [0.717, 1.165) is 21.3 Å². The maximum Gasteiger partial charge on any atom is 0.330 e. The number of methoxy groups -OCH3 is 2. The lowest BCUT2D eigenvalue weighted by Crippen LogP contribution is -2.39. The van der Waals surface area contributed by atoms with E-state index in [1.807, 2.05) is 78.9 Å². The van der Waals surface area contributed by atoms with Gasteiger partial charge < -0.3 is 24.1 Å². The van der Waals surface area contributed by atoms with E-state index in [0.29, 0.717) is 11.5 Å². The van der Waals surface area contributed by atoms with E-state index in [4.69, 9.17) is 18.9 Å². The first-order valence-electron chi connectivity index (χ1n) is 13.1. The number of benzene rings is 3. The van der Waals surface area contributed by atoms with Gasteiger partial charge in [0.1, 0.15) is 29.3 Å². The smallest absolute Gasteiger partial charge is 0.330 e. The summed E-state index contributed by atoms with van der Waals surface area (Å²) in [5.41, 5.74) is -0.131. The number of halogens is 1.